The number of nitro benzene ring substituents is 1. The van der Waals surface area contributed by atoms with Crippen molar-refractivity contribution in [1.29, 1.82) is 0 Å². The van der Waals surface area contributed by atoms with E-state index in [-0.39, 0.29) is 11.4 Å². The number of carbonyl (C=O) groups is 2. The zero-order valence-electron chi connectivity index (χ0n) is 9.68. The molecule has 2 rings (SSSR count). The summed E-state index contributed by atoms with van der Waals surface area (Å²) < 4.78 is 4.93. The smallest absolute Gasteiger partial charge is 0.415 e. The van der Waals surface area contributed by atoms with Crippen LogP contribution < -0.4 is 4.74 Å². The summed E-state index contributed by atoms with van der Waals surface area (Å²) in [6, 6.07) is 4.11. The molecular formula is C11H10N2O6. The Morgan fingerprint density at radius 1 is 1.37 bits per heavy atom. The minimum Gasteiger partial charge on any atom is -0.480 e. The third-order valence-corrected chi connectivity index (χ3v) is 2.79. The maximum absolute atomic E-state index is 11.6. The lowest BCUT2D eigenvalue weighted by Gasteiger charge is -2.36. The first-order valence-electron chi connectivity index (χ1n) is 5.45. The van der Waals surface area contributed by atoms with Gasteiger partial charge in [0.1, 0.15) is 11.8 Å². The SMILES string of the molecule is O=C(O)C1CCN1C(=O)Oc1ccc([N+](=O)[O-])cc1. The fourth-order valence-electron chi connectivity index (χ4n) is 1.66. The summed E-state index contributed by atoms with van der Waals surface area (Å²) >= 11 is 0. The Kier molecular flexibility index (Phi) is 3.32. The first-order valence-corrected chi connectivity index (χ1v) is 5.45. The maximum atomic E-state index is 11.6. The minimum atomic E-state index is -1.08. The van der Waals surface area contributed by atoms with E-state index >= 15 is 0 Å². The zero-order chi connectivity index (χ0) is 14.0. The van der Waals surface area contributed by atoms with Crippen LogP contribution in [0.25, 0.3) is 0 Å². The van der Waals surface area contributed by atoms with Gasteiger partial charge in [-0.3, -0.25) is 15.0 Å². The molecule has 1 heterocycles. The van der Waals surface area contributed by atoms with Gasteiger partial charge in [-0.25, -0.2) is 9.59 Å². The molecule has 1 N–H and O–H groups in total. The van der Waals surface area contributed by atoms with Crippen LogP contribution in [0, 0.1) is 10.1 Å². The van der Waals surface area contributed by atoms with Gasteiger partial charge in [0.25, 0.3) is 5.69 Å². The van der Waals surface area contributed by atoms with Crippen molar-refractivity contribution >= 4 is 17.7 Å². The molecular weight excluding hydrogens is 256 g/mol. The predicted molar refractivity (Wildman–Crippen MR) is 61.9 cm³/mol. The molecule has 1 amide bonds. The fourth-order valence-corrected chi connectivity index (χ4v) is 1.66. The number of rotatable bonds is 3. The van der Waals surface area contributed by atoms with Gasteiger partial charge >= 0.3 is 12.1 Å². The molecule has 0 aromatic heterocycles. The second-order valence-corrected chi connectivity index (χ2v) is 3.96. The third-order valence-electron chi connectivity index (χ3n) is 2.79. The van der Waals surface area contributed by atoms with Crippen molar-refractivity contribution in [2.24, 2.45) is 0 Å². The number of benzene rings is 1. The predicted octanol–water partition coefficient (Wildman–Crippen LogP) is 1.25. The standard InChI is InChI=1S/C11H10N2O6/c14-10(15)9-5-6-12(9)11(16)19-8-3-1-7(2-4-8)13(17)18/h1-4,9H,5-6H2,(H,14,15). The van der Waals surface area contributed by atoms with Crippen LogP contribution in [0.15, 0.2) is 24.3 Å². The van der Waals surface area contributed by atoms with Gasteiger partial charge in [0.05, 0.1) is 4.92 Å². The number of aliphatic carboxylic acids is 1. The topological polar surface area (TPSA) is 110 Å². The molecule has 8 nitrogen and oxygen atoms in total. The van der Waals surface area contributed by atoms with E-state index in [1.54, 1.807) is 0 Å². The molecule has 1 aromatic carbocycles. The highest BCUT2D eigenvalue weighted by Crippen LogP contribution is 2.22. The number of carboxylic acids is 1. The second kappa shape index (κ2) is 4.92. The second-order valence-electron chi connectivity index (χ2n) is 3.96. The Morgan fingerprint density at radius 2 is 2.00 bits per heavy atom. The van der Waals surface area contributed by atoms with Crippen molar-refractivity contribution in [2.45, 2.75) is 12.5 Å². The molecule has 100 valence electrons. The number of hydrogen-bond donors (Lipinski definition) is 1. The van der Waals surface area contributed by atoms with E-state index < -0.39 is 23.0 Å². The Labute approximate surface area is 107 Å². The van der Waals surface area contributed by atoms with Crippen LogP contribution in [0.5, 0.6) is 5.75 Å². The summed E-state index contributed by atoms with van der Waals surface area (Å²) in [5.74, 6) is -0.946. The van der Waals surface area contributed by atoms with Crippen molar-refractivity contribution < 1.29 is 24.4 Å². The molecule has 0 spiro atoms. The molecule has 8 heteroatoms. The number of carbonyl (C=O) groups excluding carboxylic acids is 1. The number of ether oxygens (including phenoxy) is 1. The molecule has 0 bridgehead atoms. The first kappa shape index (κ1) is 12.8. The molecule has 1 aromatic rings. The third kappa shape index (κ3) is 2.62. The summed E-state index contributed by atoms with van der Waals surface area (Å²) in [6.45, 7) is 0.322. The number of likely N-dealkylation sites (tertiary alicyclic amines) is 1. The molecule has 0 radical (unpaired) electrons. The van der Waals surface area contributed by atoms with Crippen molar-refractivity contribution in [1.82, 2.24) is 4.90 Å². The molecule has 1 atom stereocenters. The van der Waals surface area contributed by atoms with E-state index in [0.29, 0.717) is 13.0 Å². The number of amides is 1. The van der Waals surface area contributed by atoms with Crippen LogP contribution in [0.2, 0.25) is 0 Å². The maximum Gasteiger partial charge on any atom is 0.415 e. The Bertz CT molecular complexity index is 526. The van der Waals surface area contributed by atoms with Gasteiger partial charge in [-0.1, -0.05) is 0 Å². The van der Waals surface area contributed by atoms with Gasteiger partial charge in [0.15, 0.2) is 0 Å². The van der Waals surface area contributed by atoms with Gasteiger partial charge in [-0.15, -0.1) is 0 Å². The van der Waals surface area contributed by atoms with E-state index in [9.17, 15) is 19.7 Å². The van der Waals surface area contributed by atoms with Crippen LogP contribution in [-0.2, 0) is 4.79 Å². The Morgan fingerprint density at radius 3 is 2.42 bits per heavy atom. The number of nitrogens with zero attached hydrogens (tertiary/aromatic N) is 2. The van der Waals surface area contributed by atoms with E-state index in [2.05, 4.69) is 0 Å². The molecule has 1 aliphatic rings. The van der Waals surface area contributed by atoms with Crippen LogP contribution >= 0.6 is 0 Å². The summed E-state index contributed by atoms with van der Waals surface area (Å²) in [5.41, 5.74) is -0.118. The van der Waals surface area contributed by atoms with Crippen LogP contribution in [0.4, 0.5) is 10.5 Å². The minimum absolute atomic E-state index is 0.118. The van der Waals surface area contributed by atoms with E-state index in [1.165, 1.54) is 24.3 Å². The van der Waals surface area contributed by atoms with Crippen LogP contribution in [0.3, 0.4) is 0 Å². The lowest BCUT2D eigenvalue weighted by atomic mass is 10.1. The molecule has 1 fully saturated rings. The molecule has 1 unspecified atom stereocenters. The van der Waals surface area contributed by atoms with E-state index in [0.717, 1.165) is 4.90 Å². The van der Waals surface area contributed by atoms with Crippen LogP contribution in [0.1, 0.15) is 6.42 Å². The van der Waals surface area contributed by atoms with Gasteiger partial charge in [-0.05, 0) is 18.6 Å². The Balaban J connectivity index is 1.99. The average Bonchev–Trinajstić information content (AvgIpc) is 2.27. The monoisotopic (exact) mass is 266 g/mol. The Hall–Kier alpha value is -2.64. The van der Waals surface area contributed by atoms with Gasteiger partial charge in [0, 0.05) is 18.7 Å². The van der Waals surface area contributed by atoms with Gasteiger partial charge < -0.3 is 9.84 Å². The summed E-state index contributed by atoms with van der Waals surface area (Å²) in [7, 11) is 0. The van der Waals surface area contributed by atoms with Crippen molar-refractivity contribution in [2.75, 3.05) is 6.54 Å². The highest BCUT2D eigenvalue weighted by molar-refractivity contribution is 5.82. The number of carboxylic acid groups (broad SMARTS) is 1. The fraction of sp³-hybridized carbons (Fsp3) is 0.273. The highest BCUT2D eigenvalue weighted by atomic mass is 16.6. The number of non-ortho nitro benzene ring substituents is 1. The lowest BCUT2D eigenvalue weighted by molar-refractivity contribution is -0.384. The van der Waals surface area contributed by atoms with Gasteiger partial charge in [0.2, 0.25) is 0 Å². The van der Waals surface area contributed by atoms with Crippen molar-refractivity contribution in [3.63, 3.8) is 0 Å². The summed E-state index contributed by atoms with van der Waals surface area (Å²) in [5, 5.41) is 19.2. The normalized spacial score (nSPS) is 17.5. The van der Waals surface area contributed by atoms with Crippen molar-refractivity contribution in [3.8, 4) is 5.75 Å². The molecule has 1 saturated heterocycles. The largest absolute Gasteiger partial charge is 0.480 e. The first-order chi connectivity index (χ1) is 8.99. The molecule has 0 aliphatic carbocycles. The quantitative estimate of drug-likeness (QED) is 0.651. The molecule has 19 heavy (non-hydrogen) atoms. The number of nitro groups is 1. The summed E-state index contributed by atoms with van der Waals surface area (Å²) in [6.07, 6.45) is -0.377. The molecule has 0 saturated carbocycles. The van der Waals surface area contributed by atoms with Crippen molar-refractivity contribution in [3.05, 3.63) is 34.4 Å². The number of hydrogen-bond acceptors (Lipinski definition) is 5. The zero-order valence-corrected chi connectivity index (χ0v) is 9.68. The van der Waals surface area contributed by atoms with E-state index in [4.69, 9.17) is 9.84 Å². The average molecular weight is 266 g/mol. The highest BCUT2D eigenvalue weighted by Gasteiger charge is 2.38. The van der Waals surface area contributed by atoms with Crippen LogP contribution in [-0.4, -0.2) is 39.6 Å². The lowest BCUT2D eigenvalue weighted by Crippen LogP contribution is -2.56. The van der Waals surface area contributed by atoms with E-state index in [1.807, 2.05) is 0 Å². The van der Waals surface area contributed by atoms with Gasteiger partial charge in [-0.2, -0.15) is 0 Å². The molecule has 1 aliphatic heterocycles. The summed E-state index contributed by atoms with van der Waals surface area (Å²) in [4.78, 5) is 33.3.